The van der Waals surface area contributed by atoms with E-state index in [9.17, 15) is 24.0 Å². The first-order valence-electron chi connectivity index (χ1n) is 11.9. The van der Waals surface area contributed by atoms with Crippen LogP contribution < -0.4 is 5.32 Å². The van der Waals surface area contributed by atoms with E-state index in [1.54, 1.807) is 24.3 Å². The third-order valence-corrected chi connectivity index (χ3v) is 7.87. The first-order chi connectivity index (χ1) is 17.4. The molecule has 1 aliphatic heterocycles. The Morgan fingerprint density at radius 2 is 1.83 bits per heavy atom. The lowest BCUT2D eigenvalue weighted by atomic mass is 9.52. The summed E-state index contributed by atoms with van der Waals surface area (Å²) in [7, 11) is 0. The predicted molar refractivity (Wildman–Crippen MR) is 132 cm³/mol. The highest BCUT2D eigenvalue weighted by Gasteiger charge is 2.66. The summed E-state index contributed by atoms with van der Waals surface area (Å²) < 4.78 is 14.5. The quantitative estimate of drug-likeness (QED) is 0.419. The van der Waals surface area contributed by atoms with Gasteiger partial charge in [0, 0.05) is 16.8 Å². The summed E-state index contributed by atoms with van der Waals surface area (Å²) in [5.74, 6) is -4.13. The molecule has 0 radical (unpaired) electrons. The number of nitrogens with zero attached hydrogens (tertiary/aromatic N) is 1. The van der Waals surface area contributed by atoms with E-state index in [4.69, 9.17) is 0 Å². The molecule has 1 spiro atoms. The Labute approximate surface area is 207 Å². The minimum Gasteiger partial charge on any atom is -0.325 e. The number of ketones is 2. The average molecular weight is 477 g/mol. The van der Waals surface area contributed by atoms with Crippen LogP contribution >= 0.6 is 0 Å². The summed E-state index contributed by atoms with van der Waals surface area (Å²) in [4.78, 5) is 42.4. The minimum atomic E-state index is -2.02. The van der Waals surface area contributed by atoms with Crippen LogP contribution in [0.4, 0.5) is 10.1 Å². The van der Waals surface area contributed by atoms with Gasteiger partial charge < -0.3 is 5.32 Å². The molecule has 3 aliphatic rings. The lowest BCUT2D eigenvalue weighted by Gasteiger charge is -2.45. The van der Waals surface area contributed by atoms with E-state index < -0.39 is 34.8 Å². The molecule has 6 rings (SSSR count). The number of anilines is 1. The highest BCUT2D eigenvalue weighted by molar-refractivity contribution is 6.32. The van der Waals surface area contributed by atoms with Crippen LogP contribution in [0.3, 0.4) is 0 Å². The molecule has 36 heavy (non-hydrogen) atoms. The molecule has 3 atom stereocenters. The maximum absolute atomic E-state index is 14.5. The van der Waals surface area contributed by atoms with Crippen molar-refractivity contribution >= 4 is 28.7 Å². The van der Waals surface area contributed by atoms with Crippen molar-refractivity contribution in [3.8, 4) is 6.07 Å². The van der Waals surface area contributed by atoms with Crippen molar-refractivity contribution in [2.75, 3.05) is 5.32 Å². The van der Waals surface area contributed by atoms with Crippen LogP contribution in [-0.2, 0) is 21.4 Å². The zero-order chi connectivity index (χ0) is 25.2. The summed E-state index contributed by atoms with van der Waals surface area (Å²) >= 11 is 0. The van der Waals surface area contributed by atoms with Gasteiger partial charge in [0.15, 0.2) is 17.0 Å². The van der Waals surface area contributed by atoms with Crippen molar-refractivity contribution in [1.82, 2.24) is 0 Å². The smallest absolute Gasteiger partial charge is 0.243 e. The summed E-state index contributed by atoms with van der Waals surface area (Å²) in [5, 5.41) is 12.9. The highest BCUT2D eigenvalue weighted by Crippen LogP contribution is 2.57. The fourth-order valence-corrected chi connectivity index (χ4v) is 6.29. The maximum atomic E-state index is 14.5. The number of nitrogens with one attached hydrogen (secondary N) is 1. The number of hydrogen-bond donors (Lipinski definition) is 1. The van der Waals surface area contributed by atoms with Crippen molar-refractivity contribution in [2.45, 2.75) is 25.2 Å². The van der Waals surface area contributed by atoms with Gasteiger partial charge in [-0.3, -0.25) is 14.4 Å². The molecule has 3 aromatic rings. The van der Waals surface area contributed by atoms with Gasteiger partial charge in [0.2, 0.25) is 5.91 Å². The van der Waals surface area contributed by atoms with Crippen molar-refractivity contribution in [2.24, 2.45) is 11.8 Å². The molecule has 0 unspecified atom stereocenters. The van der Waals surface area contributed by atoms with Gasteiger partial charge >= 0.3 is 0 Å². The second-order valence-corrected chi connectivity index (χ2v) is 9.69. The van der Waals surface area contributed by atoms with Gasteiger partial charge in [-0.2, -0.15) is 5.26 Å². The number of carbonyl (C=O) groups is 3. The largest absolute Gasteiger partial charge is 0.325 e. The number of hydrogen-bond acceptors (Lipinski definition) is 4. The fraction of sp³-hybridized carbons (Fsp3) is 0.200. The van der Waals surface area contributed by atoms with Crippen LogP contribution in [0, 0.1) is 35.9 Å². The number of Topliss-reactive ketones (excluding diaryl/α,β-unsaturated/α-hetero) is 2. The molecule has 0 aromatic heterocycles. The molecule has 176 valence electrons. The number of carbonyl (C=O) groups excluding carboxylic acids is 3. The van der Waals surface area contributed by atoms with Crippen LogP contribution in [0.1, 0.15) is 39.0 Å². The van der Waals surface area contributed by atoms with Crippen LogP contribution in [0.15, 0.2) is 72.3 Å². The second-order valence-electron chi connectivity index (χ2n) is 9.69. The Morgan fingerprint density at radius 1 is 1.08 bits per heavy atom. The van der Waals surface area contributed by atoms with E-state index in [-0.39, 0.29) is 22.6 Å². The predicted octanol–water partition coefficient (Wildman–Crippen LogP) is 4.95. The van der Waals surface area contributed by atoms with E-state index in [1.807, 2.05) is 31.2 Å². The SMILES string of the molecule is Cc1ccc(C(=O)[C@H]2[C@@H]3CCc4ccccc4C3=C(C#N)C(=O)[C@@]23C(=O)Nc2ccc(F)cc23)cc1. The van der Waals surface area contributed by atoms with Gasteiger partial charge in [-0.25, -0.2) is 4.39 Å². The number of halogens is 1. The van der Waals surface area contributed by atoms with Crippen molar-refractivity contribution in [1.29, 1.82) is 5.26 Å². The first-order valence-corrected chi connectivity index (χ1v) is 11.9. The lowest BCUT2D eigenvalue weighted by Crippen LogP contribution is -2.58. The van der Waals surface area contributed by atoms with Gasteiger partial charge in [-0.1, -0.05) is 54.1 Å². The zero-order valence-electron chi connectivity index (χ0n) is 19.5. The molecule has 6 heteroatoms. The van der Waals surface area contributed by atoms with Crippen LogP contribution in [0.25, 0.3) is 5.57 Å². The zero-order valence-corrected chi connectivity index (χ0v) is 19.5. The molecule has 0 saturated carbocycles. The Morgan fingerprint density at radius 3 is 2.58 bits per heavy atom. The minimum absolute atomic E-state index is 0.119. The van der Waals surface area contributed by atoms with Crippen molar-refractivity contribution in [3.63, 3.8) is 0 Å². The molecule has 0 saturated heterocycles. The monoisotopic (exact) mass is 476 g/mol. The summed E-state index contributed by atoms with van der Waals surface area (Å²) in [5.41, 5.74) is 1.84. The third kappa shape index (κ3) is 2.83. The van der Waals surface area contributed by atoms with Gasteiger partial charge in [-0.05, 0) is 60.6 Å². The van der Waals surface area contributed by atoms with E-state index in [2.05, 4.69) is 11.4 Å². The Kier molecular flexibility index (Phi) is 4.81. The standard InChI is InChI=1S/C30H21FN2O3/c1-16-6-8-18(9-7-16)27(34)26-21-12-10-17-4-2-3-5-20(17)25(21)22(15-32)28(35)30(26)23-14-19(31)11-13-24(23)33-29(30)36/h2-9,11,13-14,21,26H,10,12H2,1H3,(H,33,36)/t21-,26-,30+/m1/s1. The molecule has 0 bridgehead atoms. The Hall–Kier alpha value is -4.37. The molecule has 3 aromatic carbocycles. The Balaban J connectivity index is 1.69. The number of aryl methyl sites for hydroxylation is 2. The van der Waals surface area contributed by atoms with E-state index in [0.29, 0.717) is 24.0 Å². The lowest BCUT2D eigenvalue weighted by molar-refractivity contribution is -0.133. The van der Waals surface area contributed by atoms with Gasteiger partial charge in [-0.15, -0.1) is 0 Å². The topological polar surface area (TPSA) is 87.0 Å². The summed E-state index contributed by atoms with van der Waals surface area (Å²) in [6.45, 7) is 1.90. The molecule has 1 heterocycles. The normalized spacial score (nSPS) is 24.0. The molecule has 0 fully saturated rings. The Bertz CT molecular complexity index is 1560. The molecular formula is C30H21FN2O3. The second kappa shape index (κ2) is 7.82. The van der Waals surface area contributed by atoms with Gasteiger partial charge in [0.05, 0.1) is 5.92 Å². The summed E-state index contributed by atoms with van der Waals surface area (Å²) in [6, 6.07) is 20.3. The third-order valence-electron chi connectivity index (χ3n) is 7.87. The number of allylic oxidation sites excluding steroid dienone is 2. The van der Waals surface area contributed by atoms with Gasteiger partial charge in [0.25, 0.3) is 0 Å². The number of fused-ring (bicyclic) bond motifs is 5. The number of nitriles is 1. The first kappa shape index (κ1) is 22.1. The molecule has 2 aliphatic carbocycles. The molecule has 1 N–H and O–H groups in total. The molecule has 5 nitrogen and oxygen atoms in total. The summed E-state index contributed by atoms with van der Waals surface area (Å²) in [6.07, 6.45) is 1.11. The van der Waals surface area contributed by atoms with E-state index in [1.165, 1.54) is 12.1 Å². The number of rotatable bonds is 2. The molecule has 1 amide bonds. The number of amides is 1. The van der Waals surface area contributed by atoms with Crippen molar-refractivity contribution in [3.05, 3.63) is 106 Å². The number of benzene rings is 3. The van der Waals surface area contributed by atoms with Crippen LogP contribution in [0.5, 0.6) is 0 Å². The van der Waals surface area contributed by atoms with Crippen molar-refractivity contribution < 1.29 is 18.8 Å². The fourth-order valence-electron chi connectivity index (χ4n) is 6.29. The average Bonchev–Trinajstić information content (AvgIpc) is 3.16. The van der Waals surface area contributed by atoms with E-state index >= 15 is 0 Å². The van der Waals surface area contributed by atoms with Crippen LogP contribution in [0.2, 0.25) is 0 Å². The van der Waals surface area contributed by atoms with Crippen LogP contribution in [-0.4, -0.2) is 17.5 Å². The highest BCUT2D eigenvalue weighted by atomic mass is 19.1. The van der Waals surface area contributed by atoms with E-state index in [0.717, 1.165) is 22.8 Å². The molecular weight excluding hydrogens is 455 g/mol. The maximum Gasteiger partial charge on any atom is 0.243 e. The van der Waals surface area contributed by atoms with Gasteiger partial charge in [0.1, 0.15) is 17.5 Å².